The first kappa shape index (κ1) is 26.5. The average molecular weight is 760 g/mol. The van der Waals surface area contributed by atoms with Crippen LogP contribution in [-0.4, -0.2) is 17.6 Å². The number of aryl methyl sites for hydroxylation is 1. The maximum absolute atomic E-state index is 14.1. The summed E-state index contributed by atoms with van der Waals surface area (Å²) in [4.78, 5) is 31.7. The molecule has 1 aliphatic heterocycles. The summed E-state index contributed by atoms with van der Waals surface area (Å²) in [6.45, 7) is 1.38. The van der Waals surface area contributed by atoms with E-state index in [1.807, 2.05) is 48.5 Å². The van der Waals surface area contributed by atoms with E-state index in [1.165, 1.54) is 23.8 Å². The second kappa shape index (κ2) is 10.7. The van der Waals surface area contributed by atoms with E-state index in [1.54, 1.807) is 11.7 Å². The minimum atomic E-state index is -0.409. The Morgan fingerprint density at radius 3 is 2.67 bits per heavy atom. The molecule has 2 aliphatic rings. The Balaban J connectivity index is 1.64. The molecule has 0 spiro atoms. The second-order valence-electron chi connectivity index (χ2n) is 9.26. The highest BCUT2D eigenvalue weighted by Gasteiger charge is 2.34. The third kappa shape index (κ3) is 4.78. The van der Waals surface area contributed by atoms with E-state index < -0.39 is 5.97 Å². The van der Waals surface area contributed by atoms with Crippen molar-refractivity contribution in [1.29, 1.82) is 0 Å². The van der Waals surface area contributed by atoms with Crippen molar-refractivity contribution in [3.8, 4) is 11.5 Å². The van der Waals surface area contributed by atoms with E-state index in [2.05, 4.69) is 63.4 Å². The van der Waals surface area contributed by atoms with Crippen LogP contribution in [0.2, 0.25) is 0 Å². The van der Waals surface area contributed by atoms with Crippen molar-refractivity contribution in [2.24, 2.45) is 4.99 Å². The van der Waals surface area contributed by atoms with Gasteiger partial charge in [-0.25, -0.2) is 4.99 Å². The largest absolute Gasteiger partial charge is 0.496 e. The van der Waals surface area contributed by atoms with Crippen LogP contribution < -0.4 is 24.4 Å². The van der Waals surface area contributed by atoms with Crippen molar-refractivity contribution in [2.75, 3.05) is 7.11 Å². The third-order valence-electron chi connectivity index (χ3n) is 6.88. The van der Waals surface area contributed by atoms with Crippen molar-refractivity contribution in [3.05, 3.63) is 115 Å². The van der Waals surface area contributed by atoms with Gasteiger partial charge < -0.3 is 9.47 Å². The number of thiazole rings is 1. The van der Waals surface area contributed by atoms with Gasteiger partial charge in [0, 0.05) is 27.2 Å². The summed E-state index contributed by atoms with van der Waals surface area (Å²) < 4.78 is 15.4. The van der Waals surface area contributed by atoms with E-state index in [4.69, 9.17) is 14.5 Å². The number of hydrogen-bond donors (Lipinski definition) is 0. The van der Waals surface area contributed by atoms with Gasteiger partial charge in [-0.2, -0.15) is 0 Å². The number of esters is 1. The predicted molar refractivity (Wildman–Crippen MR) is 169 cm³/mol. The molecule has 0 amide bonds. The molecule has 196 valence electrons. The number of ether oxygens (including phenoxy) is 2. The zero-order valence-electron chi connectivity index (χ0n) is 21.0. The molecule has 1 aliphatic carbocycles. The van der Waals surface area contributed by atoms with Gasteiger partial charge in [0.1, 0.15) is 5.75 Å². The monoisotopic (exact) mass is 760 g/mol. The van der Waals surface area contributed by atoms with Gasteiger partial charge in [-0.3, -0.25) is 14.2 Å². The summed E-state index contributed by atoms with van der Waals surface area (Å²) in [5.74, 6) is 0.769. The smallest absolute Gasteiger partial charge is 0.308 e. The van der Waals surface area contributed by atoms with Crippen LogP contribution in [0.25, 0.3) is 11.8 Å². The summed E-state index contributed by atoms with van der Waals surface area (Å²) in [6, 6.07) is 19.7. The molecule has 39 heavy (non-hydrogen) atoms. The normalized spacial score (nSPS) is 16.2. The number of allylic oxidation sites excluding steroid dienone is 1. The maximum atomic E-state index is 14.1. The molecule has 1 aromatic heterocycles. The molecule has 6 rings (SSSR count). The molecule has 4 aromatic rings. The fourth-order valence-electron chi connectivity index (χ4n) is 5.27. The summed E-state index contributed by atoms with van der Waals surface area (Å²) in [5.41, 5.74) is 5.89. The molecular formula is C30H22I2N2O4S. The molecule has 0 bridgehead atoms. The van der Waals surface area contributed by atoms with Crippen LogP contribution in [0.4, 0.5) is 0 Å². The predicted octanol–water partition coefficient (Wildman–Crippen LogP) is 5.46. The highest BCUT2D eigenvalue weighted by atomic mass is 127. The number of benzene rings is 3. The van der Waals surface area contributed by atoms with Crippen LogP contribution in [-0.2, 0) is 11.2 Å². The number of carbonyl (C=O) groups is 1. The Hall–Kier alpha value is -2.77. The zero-order chi connectivity index (χ0) is 27.3. The summed E-state index contributed by atoms with van der Waals surface area (Å²) >= 11 is 5.73. The first-order valence-electron chi connectivity index (χ1n) is 12.3. The van der Waals surface area contributed by atoms with E-state index in [-0.39, 0.29) is 11.6 Å². The van der Waals surface area contributed by atoms with Gasteiger partial charge in [-0.1, -0.05) is 53.8 Å². The first-order valence-corrected chi connectivity index (χ1v) is 15.3. The quantitative estimate of drug-likeness (QED) is 0.158. The number of nitrogens with zero attached hydrogens (tertiary/aromatic N) is 2. The van der Waals surface area contributed by atoms with Crippen LogP contribution in [0.5, 0.6) is 11.5 Å². The maximum Gasteiger partial charge on any atom is 0.308 e. The fourth-order valence-corrected chi connectivity index (χ4v) is 8.26. The number of fused-ring (bicyclic) bond motifs is 3. The molecule has 0 fully saturated rings. The van der Waals surface area contributed by atoms with Gasteiger partial charge in [0.2, 0.25) is 0 Å². The Morgan fingerprint density at radius 2 is 1.87 bits per heavy atom. The van der Waals surface area contributed by atoms with Gasteiger partial charge in [-0.05, 0) is 93.4 Å². The van der Waals surface area contributed by atoms with Crippen molar-refractivity contribution in [1.82, 2.24) is 4.57 Å². The summed E-state index contributed by atoms with van der Waals surface area (Å²) in [6.07, 6.45) is 3.49. The number of hydrogen-bond acceptors (Lipinski definition) is 6. The van der Waals surface area contributed by atoms with E-state index in [0.717, 1.165) is 48.1 Å². The molecule has 0 radical (unpaired) electrons. The second-order valence-corrected chi connectivity index (χ2v) is 12.7. The van der Waals surface area contributed by atoms with Gasteiger partial charge in [0.05, 0.1) is 27.0 Å². The third-order valence-corrected chi connectivity index (χ3v) is 9.28. The number of methoxy groups -OCH3 is 1. The van der Waals surface area contributed by atoms with Crippen LogP contribution in [0.15, 0.2) is 76.0 Å². The molecular weight excluding hydrogens is 738 g/mol. The highest BCUT2D eigenvalue weighted by Crippen LogP contribution is 2.43. The number of para-hydroxylation sites is 1. The standard InChI is InChI=1S/C30H22I2N2O4S/c1-16(35)38-28-18(13-19(31)15-23(28)32)14-25-29(36)34-27(21-9-5-6-10-24(21)37-2)22-12-11-17-7-3-4-8-20(17)26(22)33-30(34)39-25/h3-10,13-15,27H,11-12H2,1-2H3/b25-14+/t27-/m0/s1. The molecule has 0 saturated heterocycles. The van der Waals surface area contributed by atoms with Crippen LogP contribution in [0.1, 0.15) is 41.6 Å². The minimum absolute atomic E-state index is 0.136. The van der Waals surface area contributed by atoms with Gasteiger partial charge >= 0.3 is 5.97 Å². The van der Waals surface area contributed by atoms with Crippen LogP contribution >= 0.6 is 56.5 Å². The van der Waals surface area contributed by atoms with Crippen molar-refractivity contribution in [2.45, 2.75) is 25.8 Å². The summed E-state index contributed by atoms with van der Waals surface area (Å²) in [7, 11) is 1.66. The van der Waals surface area contributed by atoms with Crippen molar-refractivity contribution in [3.63, 3.8) is 0 Å². The Bertz CT molecular complexity index is 1870. The molecule has 0 N–H and O–H groups in total. The van der Waals surface area contributed by atoms with E-state index in [9.17, 15) is 9.59 Å². The molecule has 3 aromatic carbocycles. The molecule has 1 atom stereocenters. The lowest BCUT2D eigenvalue weighted by atomic mass is 9.83. The average Bonchev–Trinajstić information content (AvgIpc) is 3.23. The molecule has 0 unspecified atom stereocenters. The van der Waals surface area contributed by atoms with Crippen molar-refractivity contribution < 1.29 is 14.3 Å². The van der Waals surface area contributed by atoms with Crippen molar-refractivity contribution >= 4 is 74.3 Å². The lowest BCUT2D eigenvalue weighted by Gasteiger charge is -2.31. The van der Waals surface area contributed by atoms with Crippen LogP contribution in [0, 0.1) is 7.14 Å². The zero-order valence-corrected chi connectivity index (χ0v) is 26.2. The van der Waals surface area contributed by atoms with Gasteiger partial charge in [0.25, 0.3) is 5.56 Å². The van der Waals surface area contributed by atoms with E-state index >= 15 is 0 Å². The topological polar surface area (TPSA) is 69.9 Å². The van der Waals surface area contributed by atoms with Gasteiger partial charge in [-0.15, -0.1) is 0 Å². The molecule has 2 heterocycles. The molecule has 6 nitrogen and oxygen atoms in total. The SMILES string of the molecule is COc1ccccc1[C@H]1C2=C(N=c3s/c(=C/c4cc(I)cc(I)c4OC(C)=O)c(=O)n31)c1ccccc1CC2. The fraction of sp³-hybridized carbons (Fsp3) is 0.167. The first-order chi connectivity index (χ1) is 18.9. The van der Waals surface area contributed by atoms with Crippen LogP contribution in [0.3, 0.4) is 0 Å². The molecule has 9 heteroatoms. The Labute approximate surface area is 256 Å². The Kier molecular flexibility index (Phi) is 7.23. The summed E-state index contributed by atoms with van der Waals surface area (Å²) in [5, 5.41) is 0. The Morgan fingerprint density at radius 1 is 1.10 bits per heavy atom. The van der Waals surface area contributed by atoms with Gasteiger partial charge in [0.15, 0.2) is 10.6 Å². The number of aromatic nitrogens is 1. The number of rotatable bonds is 4. The minimum Gasteiger partial charge on any atom is -0.496 e. The lowest BCUT2D eigenvalue weighted by Crippen LogP contribution is -2.39. The lowest BCUT2D eigenvalue weighted by molar-refractivity contribution is -0.131. The van der Waals surface area contributed by atoms with E-state index in [0.29, 0.717) is 20.6 Å². The number of carbonyl (C=O) groups excluding carboxylic acids is 1. The highest BCUT2D eigenvalue weighted by molar-refractivity contribution is 14.1. The molecule has 0 saturated carbocycles. The number of halogens is 2.